The molecule has 2 aromatic heterocycles. The van der Waals surface area contributed by atoms with Crippen LogP contribution in [0, 0.1) is 6.92 Å². The van der Waals surface area contributed by atoms with Crippen LogP contribution in [0.4, 0.5) is 0 Å². The van der Waals surface area contributed by atoms with Gasteiger partial charge in [0.05, 0.1) is 5.52 Å². The number of aromatic nitrogens is 2. The summed E-state index contributed by atoms with van der Waals surface area (Å²) in [6.07, 6.45) is 2.55. The van der Waals surface area contributed by atoms with Crippen LogP contribution in [0.2, 0.25) is 0 Å². The molecule has 1 N–H and O–H groups in total. The summed E-state index contributed by atoms with van der Waals surface area (Å²) in [5, 5.41) is 0.116. The van der Waals surface area contributed by atoms with Gasteiger partial charge in [-0.3, -0.25) is 0 Å². The third-order valence-electron chi connectivity index (χ3n) is 2.74. The maximum absolute atomic E-state index is 12.1. The fraction of sp³-hybridized carbons (Fsp3) is 0.417. The minimum absolute atomic E-state index is 0.116. The van der Waals surface area contributed by atoms with Crippen LogP contribution in [-0.2, 0) is 16.4 Å². The lowest BCUT2D eigenvalue weighted by atomic mass is 10.3. The minimum Gasteiger partial charge on any atom is -0.302 e. The highest BCUT2D eigenvalue weighted by atomic mass is 32.2. The van der Waals surface area contributed by atoms with Crippen molar-refractivity contribution in [2.75, 3.05) is 6.54 Å². The number of sulfonamides is 1. The molecule has 2 rings (SSSR count). The van der Waals surface area contributed by atoms with Crippen LogP contribution in [0.25, 0.3) is 5.52 Å². The average molecular weight is 267 g/mol. The molecule has 0 saturated carbocycles. The smallest absolute Gasteiger partial charge is 0.260 e. The van der Waals surface area contributed by atoms with Gasteiger partial charge in [0.25, 0.3) is 10.0 Å². The maximum atomic E-state index is 12.1. The van der Waals surface area contributed by atoms with Crippen LogP contribution in [-0.4, -0.2) is 24.3 Å². The Morgan fingerprint density at radius 3 is 2.72 bits per heavy atom. The number of nitrogens with one attached hydrogen (secondary N) is 1. The van der Waals surface area contributed by atoms with Crippen molar-refractivity contribution in [3.8, 4) is 0 Å². The van der Waals surface area contributed by atoms with E-state index in [1.807, 2.05) is 36.6 Å². The highest BCUT2D eigenvalue weighted by Gasteiger charge is 2.21. The Labute approximate surface area is 107 Å². The van der Waals surface area contributed by atoms with E-state index in [0.717, 1.165) is 11.4 Å². The van der Waals surface area contributed by atoms with Crippen molar-refractivity contribution < 1.29 is 8.42 Å². The zero-order valence-electron chi connectivity index (χ0n) is 10.8. The number of aryl methyl sites for hydroxylation is 2. The molecule has 0 saturated heterocycles. The van der Waals surface area contributed by atoms with Gasteiger partial charge in [-0.1, -0.05) is 13.8 Å². The third kappa shape index (κ3) is 2.13. The van der Waals surface area contributed by atoms with Crippen molar-refractivity contribution in [2.45, 2.75) is 32.2 Å². The molecule has 0 aromatic carbocycles. The van der Waals surface area contributed by atoms with E-state index in [9.17, 15) is 8.42 Å². The highest BCUT2D eigenvalue weighted by Crippen LogP contribution is 2.19. The van der Waals surface area contributed by atoms with Crippen molar-refractivity contribution in [3.05, 3.63) is 29.7 Å². The summed E-state index contributed by atoms with van der Waals surface area (Å²) in [6.45, 7) is 6.00. The van der Waals surface area contributed by atoms with Crippen molar-refractivity contribution >= 4 is 15.5 Å². The minimum atomic E-state index is -3.52. The molecule has 0 unspecified atom stereocenters. The van der Waals surface area contributed by atoms with E-state index in [1.54, 1.807) is 6.92 Å². The van der Waals surface area contributed by atoms with Crippen LogP contribution in [0.1, 0.15) is 25.2 Å². The fourth-order valence-electron chi connectivity index (χ4n) is 1.93. The summed E-state index contributed by atoms with van der Waals surface area (Å²) >= 11 is 0. The van der Waals surface area contributed by atoms with Gasteiger partial charge in [0.2, 0.25) is 0 Å². The Balaban J connectivity index is 2.75. The van der Waals surface area contributed by atoms with Crippen LogP contribution < -0.4 is 4.72 Å². The molecule has 0 aliphatic rings. The van der Waals surface area contributed by atoms with Crippen molar-refractivity contribution in [2.24, 2.45) is 0 Å². The zero-order valence-corrected chi connectivity index (χ0v) is 11.6. The summed E-state index contributed by atoms with van der Waals surface area (Å²) in [5.41, 5.74) is 1.64. The number of nitrogens with zero attached hydrogens (tertiary/aromatic N) is 2. The van der Waals surface area contributed by atoms with Gasteiger partial charge in [-0.2, -0.15) is 0 Å². The molecule has 2 aromatic rings. The Kier molecular flexibility index (Phi) is 3.41. The second-order valence-corrected chi connectivity index (χ2v) is 5.83. The maximum Gasteiger partial charge on any atom is 0.260 e. The van der Waals surface area contributed by atoms with Crippen molar-refractivity contribution in [1.29, 1.82) is 0 Å². The molecule has 0 amide bonds. The first-order chi connectivity index (χ1) is 8.49. The Morgan fingerprint density at radius 1 is 1.39 bits per heavy atom. The second-order valence-electron chi connectivity index (χ2n) is 4.15. The van der Waals surface area contributed by atoms with Gasteiger partial charge in [-0.05, 0) is 24.6 Å². The van der Waals surface area contributed by atoms with E-state index in [-0.39, 0.29) is 5.03 Å². The molecule has 0 atom stereocenters. The summed E-state index contributed by atoms with van der Waals surface area (Å²) in [7, 11) is -3.52. The quantitative estimate of drug-likeness (QED) is 0.913. The topological polar surface area (TPSA) is 63.5 Å². The molecule has 2 heterocycles. The monoisotopic (exact) mass is 267 g/mol. The Hall–Kier alpha value is -1.40. The summed E-state index contributed by atoms with van der Waals surface area (Å²) in [4.78, 5) is 4.25. The normalized spacial score (nSPS) is 12.2. The SMILES string of the molecule is CCNS(=O)(=O)c1nc(CC)n2ccc(C)cc12. The zero-order chi connectivity index (χ0) is 13.3. The van der Waals surface area contributed by atoms with Crippen molar-refractivity contribution in [1.82, 2.24) is 14.1 Å². The predicted molar refractivity (Wildman–Crippen MR) is 70.2 cm³/mol. The first kappa shape index (κ1) is 13.0. The first-order valence-corrected chi connectivity index (χ1v) is 7.45. The molecule has 98 valence electrons. The van der Waals surface area contributed by atoms with Crippen LogP contribution in [0.3, 0.4) is 0 Å². The van der Waals surface area contributed by atoms with Gasteiger partial charge in [0.1, 0.15) is 5.82 Å². The molecule has 0 radical (unpaired) electrons. The Bertz CT molecular complexity index is 674. The number of imidazole rings is 1. The number of fused-ring (bicyclic) bond motifs is 1. The lowest BCUT2D eigenvalue weighted by Gasteiger charge is -2.02. The number of hydrogen-bond donors (Lipinski definition) is 1. The van der Waals surface area contributed by atoms with Crippen molar-refractivity contribution in [3.63, 3.8) is 0 Å². The van der Waals surface area contributed by atoms with Gasteiger partial charge in [-0.15, -0.1) is 0 Å². The standard InChI is InChI=1S/C12H17N3O2S/c1-4-11-14-12(18(16,17)13-5-2)10-8-9(3)6-7-15(10)11/h6-8,13H,4-5H2,1-3H3. The van der Waals surface area contributed by atoms with E-state index >= 15 is 0 Å². The van der Waals surface area contributed by atoms with Crippen LogP contribution in [0.15, 0.2) is 23.4 Å². The molecule has 5 nitrogen and oxygen atoms in total. The van der Waals surface area contributed by atoms with Gasteiger partial charge in [0.15, 0.2) is 5.03 Å². The van der Waals surface area contributed by atoms with Crippen LogP contribution >= 0.6 is 0 Å². The van der Waals surface area contributed by atoms with Gasteiger partial charge < -0.3 is 4.40 Å². The van der Waals surface area contributed by atoms with E-state index < -0.39 is 10.0 Å². The molecule has 6 heteroatoms. The van der Waals surface area contributed by atoms with Gasteiger partial charge in [-0.25, -0.2) is 18.1 Å². The summed E-state index contributed by atoms with van der Waals surface area (Å²) in [6, 6.07) is 3.79. The molecule has 18 heavy (non-hydrogen) atoms. The van der Waals surface area contributed by atoms with E-state index in [0.29, 0.717) is 18.5 Å². The predicted octanol–water partition coefficient (Wildman–Crippen LogP) is 1.50. The average Bonchev–Trinajstić information content (AvgIpc) is 2.67. The second kappa shape index (κ2) is 4.70. The van der Waals surface area contributed by atoms with Crippen LogP contribution in [0.5, 0.6) is 0 Å². The summed E-state index contributed by atoms with van der Waals surface area (Å²) in [5.74, 6) is 0.751. The summed E-state index contributed by atoms with van der Waals surface area (Å²) < 4.78 is 28.5. The molecule has 0 fully saturated rings. The van der Waals surface area contributed by atoms with Gasteiger partial charge in [0, 0.05) is 19.2 Å². The lowest BCUT2D eigenvalue weighted by Crippen LogP contribution is -2.23. The molecule has 0 spiro atoms. The lowest BCUT2D eigenvalue weighted by molar-refractivity contribution is 0.581. The van der Waals surface area contributed by atoms with E-state index in [2.05, 4.69) is 9.71 Å². The number of pyridine rings is 1. The molecular weight excluding hydrogens is 250 g/mol. The highest BCUT2D eigenvalue weighted by molar-refractivity contribution is 7.89. The molecule has 0 bridgehead atoms. The Morgan fingerprint density at radius 2 is 2.11 bits per heavy atom. The molecule has 0 aliphatic heterocycles. The van der Waals surface area contributed by atoms with E-state index in [4.69, 9.17) is 0 Å². The molecule has 0 aliphatic carbocycles. The fourth-order valence-corrected chi connectivity index (χ4v) is 3.10. The largest absolute Gasteiger partial charge is 0.302 e. The van der Waals surface area contributed by atoms with E-state index in [1.165, 1.54) is 0 Å². The number of rotatable bonds is 4. The first-order valence-electron chi connectivity index (χ1n) is 5.96. The molecular formula is C12H17N3O2S. The number of hydrogen-bond acceptors (Lipinski definition) is 3. The third-order valence-corrected chi connectivity index (χ3v) is 4.22. The van der Waals surface area contributed by atoms with Gasteiger partial charge >= 0.3 is 0 Å².